The number of hydrogen-bond donors (Lipinski definition) is 2. The largest absolute Gasteiger partial charge is 0.506 e. The van der Waals surface area contributed by atoms with E-state index in [4.69, 9.17) is 16.3 Å². The molecule has 0 bridgehead atoms. The van der Waals surface area contributed by atoms with Gasteiger partial charge in [0.1, 0.15) is 22.9 Å². The number of para-hydroxylation sites is 2. The first-order valence-corrected chi connectivity index (χ1v) is 14.0. The molecule has 2 N–H and O–H groups in total. The summed E-state index contributed by atoms with van der Waals surface area (Å²) < 4.78 is 6.86. The second-order valence-corrected chi connectivity index (χ2v) is 12.4. The van der Waals surface area contributed by atoms with Crippen molar-refractivity contribution >= 4 is 50.6 Å². The lowest BCUT2D eigenvalue weighted by molar-refractivity contribution is -0.122. The van der Waals surface area contributed by atoms with Gasteiger partial charge in [0, 0.05) is 28.6 Å². The number of nitrogens with zero attached hydrogens (tertiary/aromatic N) is 1. The zero-order chi connectivity index (χ0) is 28.1. The molecule has 1 unspecified atom stereocenters. The Labute approximate surface area is 241 Å². The minimum Gasteiger partial charge on any atom is -0.506 e. The molecule has 6 nitrogen and oxygen atoms in total. The fourth-order valence-electron chi connectivity index (χ4n) is 5.31. The first-order valence-electron chi connectivity index (χ1n) is 12.9. The molecule has 5 rings (SSSR count). The van der Waals surface area contributed by atoms with E-state index in [1.165, 1.54) is 0 Å². The number of allylic oxidation sites excluding steroid dienone is 1. The Hall–Kier alpha value is -3.29. The SMILES string of the molecule is CC(C)C(=O)N1c2cccc(O)c2NC2=C(C(=O)CC(C)(C)C2)C1c1ccc(Oc2ccccc2Br)cc1Cl. The van der Waals surface area contributed by atoms with Crippen molar-refractivity contribution in [2.24, 2.45) is 11.3 Å². The molecular weight excluding hydrogens is 580 g/mol. The number of anilines is 2. The first-order chi connectivity index (χ1) is 18.5. The number of carbonyl (C=O) groups excluding carboxylic acids is 2. The summed E-state index contributed by atoms with van der Waals surface area (Å²) >= 11 is 10.4. The maximum absolute atomic E-state index is 13.9. The van der Waals surface area contributed by atoms with Crippen molar-refractivity contribution in [1.29, 1.82) is 0 Å². The predicted molar refractivity (Wildman–Crippen MR) is 158 cm³/mol. The van der Waals surface area contributed by atoms with E-state index in [0.29, 0.717) is 57.6 Å². The second kappa shape index (κ2) is 10.4. The molecule has 2 aliphatic rings. The summed E-state index contributed by atoms with van der Waals surface area (Å²) in [5.74, 6) is 0.530. The average Bonchev–Trinajstić information content (AvgIpc) is 2.99. The highest BCUT2D eigenvalue weighted by Gasteiger charge is 2.44. The molecule has 1 atom stereocenters. The minimum atomic E-state index is -0.793. The smallest absolute Gasteiger partial charge is 0.230 e. The number of fused-ring (bicyclic) bond motifs is 1. The van der Waals surface area contributed by atoms with E-state index in [2.05, 4.69) is 21.2 Å². The van der Waals surface area contributed by atoms with Crippen molar-refractivity contribution in [3.8, 4) is 17.2 Å². The third kappa shape index (κ3) is 5.18. The van der Waals surface area contributed by atoms with Gasteiger partial charge in [-0.25, -0.2) is 0 Å². The summed E-state index contributed by atoms with van der Waals surface area (Å²) in [6.45, 7) is 7.72. The number of hydrogen-bond acceptors (Lipinski definition) is 5. The van der Waals surface area contributed by atoms with Gasteiger partial charge < -0.3 is 15.2 Å². The van der Waals surface area contributed by atoms with Crippen LogP contribution in [0.3, 0.4) is 0 Å². The van der Waals surface area contributed by atoms with E-state index in [1.807, 2.05) is 58.0 Å². The van der Waals surface area contributed by atoms with Crippen molar-refractivity contribution in [3.05, 3.63) is 87.0 Å². The number of halogens is 2. The summed E-state index contributed by atoms with van der Waals surface area (Å²) in [7, 11) is 0. The van der Waals surface area contributed by atoms with Crippen LogP contribution in [0.25, 0.3) is 0 Å². The molecule has 0 fully saturated rings. The van der Waals surface area contributed by atoms with Gasteiger partial charge in [0.2, 0.25) is 5.91 Å². The van der Waals surface area contributed by atoms with Gasteiger partial charge in [-0.1, -0.05) is 63.6 Å². The average molecular weight is 610 g/mol. The lowest BCUT2D eigenvalue weighted by Crippen LogP contribution is -2.41. The van der Waals surface area contributed by atoms with Crippen LogP contribution in [0.15, 0.2) is 76.4 Å². The maximum Gasteiger partial charge on any atom is 0.230 e. The zero-order valence-electron chi connectivity index (χ0n) is 22.2. The van der Waals surface area contributed by atoms with Crippen LogP contribution in [0.1, 0.15) is 52.1 Å². The molecule has 0 spiro atoms. The van der Waals surface area contributed by atoms with E-state index < -0.39 is 6.04 Å². The van der Waals surface area contributed by atoms with Gasteiger partial charge in [0.25, 0.3) is 0 Å². The van der Waals surface area contributed by atoms with Crippen LogP contribution in [0.5, 0.6) is 17.2 Å². The Morgan fingerprint density at radius 2 is 1.87 bits per heavy atom. The summed E-state index contributed by atoms with van der Waals surface area (Å²) in [6, 6.07) is 17.1. The van der Waals surface area contributed by atoms with E-state index in [0.717, 1.165) is 4.47 Å². The van der Waals surface area contributed by atoms with E-state index in [9.17, 15) is 14.7 Å². The molecule has 3 aromatic rings. The van der Waals surface area contributed by atoms with Crippen molar-refractivity contribution in [3.63, 3.8) is 0 Å². The number of Topliss-reactive ketones (excluding diaryl/α,β-unsaturated/α-hetero) is 1. The number of phenolic OH excluding ortho intramolecular Hbond substituents is 1. The minimum absolute atomic E-state index is 0.000618. The summed E-state index contributed by atoms with van der Waals surface area (Å²) in [4.78, 5) is 29.3. The number of ether oxygens (including phenoxy) is 1. The number of benzene rings is 3. The number of phenols is 1. The van der Waals surface area contributed by atoms with E-state index in [-0.39, 0.29) is 28.8 Å². The molecule has 0 radical (unpaired) electrons. The fraction of sp³-hybridized carbons (Fsp3) is 0.290. The molecule has 0 saturated carbocycles. The van der Waals surface area contributed by atoms with Crippen molar-refractivity contribution in [1.82, 2.24) is 0 Å². The summed E-state index contributed by atoms with van der Waals surface area (Å²) in [5, 5.41) is 14.6. The highest BCUT2D eigenvalue weighted by Crippen LogP contribution is 2.51. The van der Waals surface area contributed by atoms with Gasteiger partial charge in [-0.15, -0.1) is 0 Å². The summed E-state index contributed by atoms with van der Waals surface area (Å²) in [6.07, 6.45) is 0.903. The number of aromatic hydroxyl groups is 1. The van der Waals surface area contributed by atoms with Crippen LogP contribution in [-0.4, -0.2) is 16.8 Å². The molecular formula is C31H30BrClN2O4. The van der Waals surface area contributed by atoms with Crippen LogP contribution in [0.4, 0.5) is 11.4 Å². The Bertz CT molecular complexity index is 1510. The standard InChI is InChI=1S/C31H30BrClN2O4/c1-17(2)30(38)35-23-9-7-10-24(36)28(23)34-22-15-31(3,4)16-25(37)27(22)29(35)19-13-12-18(14-21(19)33)39-26-11-6-5-8-20(26)32/h5-14,17,29,34,36H,15-16H2,1-4H3. The number of amides is 1. The number of carbonyl (C=O) groups is 2. The van der Waals surface area contributed by atoms with Gasteiger partial charge in [-0.05, 0) is 69.7 Å². The topological polar surface area (TPSA) is 78.9 Å². The van der Waals surface area contributed by atoms with Gasteiger partial charge in [-0.2, -0.15) is 0 Å². The number of rotatable bonds is 4. The third-order valence-electron chi connectivity index (χ3n) is 7.07. The molecule has 8 heteroatoms. The highest BCUT2D eigenvalue weighted by molar-refractivity contribution is 9.10. The normalized spacial score (nSPS) is 18.3. The van der Waals surface area contributed by atoms with Crippen molar-refractivity contribution < 1.29 is 19.4 Å². The fourth-order valence-corrected chi connectivity index (χ4v) is 5.95. The van der Waals surface area contributed by atoms with Crippen molar-refractivity contribution in [2.75, 3.05) is 10.2 Å². The Balaban J connectivity index is 1.72. The van der Waals surface area contributed by atoms with Gasteiger partial charge in [-0.3, -0.25) is 14.5 Å². The van der Waals surface area contributed by atoms with Crippen LogP contribution < -0.4 is 15.0 Å². The number of nitrogens with one attached hydrogen (secondary N) is 1. The lowest BCUT2D eigenvalue weighted by atomic mass is 9.73. The predicted octanol–water partition coefficient (Wildman–Crippen LogP) is 8.40. The Morgan fingerprint density at radius 1 is 1.13 bits per heavy atom. The van der Waals surface area contributed by atoms with Crippen LogP contribution in [-0.2, 0) is 9.59 Å². The molecule has 39 heavy (non-hydrogen) atoms. The molecule has 1 aliphatic heterocycles. The lowest BCUT2D eigenvalue weighted by Gasteiger charge is -2.38. The van der Waals surface area contributed by atoms with Crippen molar-refractivity contribution in [2.45, 2.75) is 46.6 Å². The molecule has 0 aromatic heterocycles. The van der Waals surface area contributed by atoms with E-state index in [1.54, 1.807) is 35.2 Å². The zero-order valence-corrected chi connectivity index (χ0v) is 24.6. The van der Waals surface area contributed by atoms with Gasteiger partial charge in [0.15, 0.2) is 5.78 Å². The first kappa shape index (κ1) is 27.3. The third-order valence-corrected chi connectivity index (χ3v) is 8.05. The molecule has 202 valence electrons. The van der Waals surface area contributed by atoms with Crippen LogP contribution >= 0.6 is 27.5 Å². The van der Waals surface area contributed by atoms with Gasteiger partial charge >= 0.3 is 0 Å². The van der Waals surface area contributed by atoms with E-state index >= 15 is 0 Å². The highest BCUT2D eigenvalue weighted by atomic mass is 79.9. The monoisotopic (exact) mass is 608 g/mol. The summed E-state index contributed by atoms with van der Waals surface area (Å²) in [5.41, 5.74) is 2.37. The molecule has 0 saturated heterocycles. The second-order valence-electron chi connectivity index (χ2n) is 11.1. The quantitative estimate of drug-likeness (QED) is 0.291. The van der Waals surface area contributed by atoms with Crippen LogP contribution in [0.2, 0.25) is 5.02 Å². The maximum atomic E-state index is 13.9. The molecule has 1 aliphatic carbocycles. The Kier molecular flexibility index (Phi) is 7.25. The Morgan fingerprint density at radius 3 is 2.56 bits per heavy atom. The van der Waals surface area contributed by atoms with Gasteiger partial charge in [0.05, 0.1) is 16.2 Å². The van der Waals surface area contributed by atoms with Crippen LogP contribution in [0, 0.1) is 11.3 Å². The molecule has 1 heterocycles. The molecule has 3 aromatic carbocycles. The molecule has 1 amide bonds. The number of ketones is 1.